The number of carbonyl (C=O) groups excluding carboxylic acids is 3. The summed E-state index contributed by atoms with van der Waals surface area (Å²) in [6, 6.07) is 7.64. The largest absolute Gasteiger partial charge is 0.381 e. The molecule has 0 spiro atoms. The second kappa shape index (κ2) is 15.6. The molecule has 1 saturated carbocycles. The van der Waals surface area contributed by atoms with Crippen LogP contribution in [0.4, 0.5) is 0 Å². The summed E-state index contributed by atoms with van der Waals surface area (Å²) >= 11 is 6.30. The SMILES string of the molecule is CCNC(=O)[C@@H]1C[C@H](N(C(=O)[C@@H]2CCCO2)C2CCC(C)(C)CC2)C[N+]1(C)C(=O)[C@@H]1CN(C2CCOCC2)C[C@H]1c1ccc(Cl)cc1.Cl. The van der Waals surface area contributed by atoms with Crippen molar-refractivity contribution in [1.29, 1.82) is 0 Å². The molecule has 1 unspecified atom stereocenters. The Morgan fingerprint density at radius 3 is 2.31 bits per heavy atom. The van der Waals surface area contributed by atoms with Crippen LogP contribution < -0.4 is 5.32 Å². The number of benzene rings is 1. The van der Waals surface area contributed by atoms with Gasteiger partial charge in [-0.15, -0.1) is 12.4 Å². The molecule has 4 saturated heterocycles. The van der Waals surface area contributed by atoms with Gasteiger partial charge in [-0.25, -0.2) is 4.79 Å². The van der Waals surface area contributed by atoms with Gasteiger partial charge in [0, 0.05) is 68.9 Å². The number of rotatable bonds is 8. The first kappa shape index (κ1) is 37.5. The van der Waals surface area contributed by atoms with Crippen LogP contribution in [0.15, 0.2) is 24.3 Å². The summed E-state index contributed by atoms with van der Waals surface area (Å²) in [5, 5.41) is 3.73. The summed E-state index contributed by atoms with van der Waals surface area (Å²) in [6.45, 7) is 11.0. The third kappa shape index (κ3) is 7.76. The number of quaternary nitrogens is 1. The lowest BCUT2D eigenvalue weighted by atomic mass is 9.75. The molecule has 0 bridgehead atoms. The Morgan fingerprint density at radius 1 is 1.00 bits per heavy atom. The van der Waals surface area contributed by atoms with Crippen LogP contribution in [-0.4, -0.2) is 115 Å². The Kier molecular flexibility index (Phi) is 12.2. The Labute approximate surface area is 298 Å². The van der Waals surface area contributed by atoms with Gasteiger partial charge < -0.3 is 19.7 Å². The fourth-order valence-electron chi connectivity index (χ4n) is 9.35. The second-order valence-electron chi connectivity index (χ2n) is 15.8. The molecule has 4 heterocycles. The summed E-state index contributed by atoms with van der Waals surface area (Å²) in [5.74, 6) is -0.220. The fraction of sp³-hybridized carbons (Fsp3) is 0.757. The highest BCUT2D eigenvalue weighted by Gasteiger charge is 2.59. The fourth-order valence-corrected chi connectivity index (χ4v) is 9.48. The first-order valence-electron chi connectivity index (χ1n) is 18.2. The third-order valence-electron chi connectivity index (χ3n) is 12.2. The van der Waals surface area contributed by atoms with E-state index in [0.717, 1.165) is 76.7 Å². The molecule has 48 heavy (non-hydrogen) atoms. The predicted molar refractivity (Wildman–Crippen MR) is 189 cm³/mol. The molecular weight excluding hydrogens is 651 g/mol. The van der Waals surface area contributed by atoms with Gasteiger partial charge in [0.1, 0.15) is 12.6 Å². The lowest BCUT2D eigenvalue weighted by Crippen LogP contribution is -2.61. The first-order chi connectivity index (χ1) is 22.5. The molecular formula is C37H57Cl2N4O5+. The highest BCUT2D eigenvalue weighted by molar-refractivity contribution is 6.30. The number of carbonyl (C=O) groups is 3. The molecule has 1 aromatic rings. The minimum atomic E-state index is -0.560. The van der Waals surface area contributed by atoms with Crippen molar-refractivity contribution in [3.05, 3.63) is 34.9 Å². The maximum atomic E-state index is 15.2. The average molecular weight is 709 g/mol. The van der Waals surface area contributed by atoms with Crippen LogP contribution in [0.5, 0.6) is 0 Å². The van der Waals surface area contributed by atoms with Crippen molar-refractivity contribution in [2.75, 3.05) is 53.0 Å². The second-order valence-corrected chi connectivity index (χ2v) is 16.2. The topological polar surface area (TPSA) is 88.2 Å². The van der Waals surface area contributed by atoms with E-state index in [9.17, 15) is 9.59 Å². The Bertz CT molecular complexity index is 1270. The van der Waals surface area contributed by atoms with E-state index in [0.29, 0.717) is 43.7 Å². The number of nitrogens with one attached hydrogen (secondary N) is 1. The molecule has 1 aromatic carbocycles. The number of nitrogens with zero attached hydrogens (tertiary/aromatic N) is 3. The quantitative estimate of drug-likeness (QED) is 0.375. The van der Waals surface area contributed by atoms with Crippen LogP contribution >= 0.6 is 24.0 Å². The third-order valence-corrected chi connectivity index (χ3v) is 12.4. The zero-order valence-corrected chi connectivity index (χ0v) is 30.9. The molecule has 3 amide bonds. The van der Waals surface area contributed by atoms with Crippen molar-refractivity contribution in [2.24, 2.45) is 11.3 Å². The zero-order valence-electron chi connectivity index (χ0n) is 29.3. The van der Waals surface area contributed by atoms with Crippen molar-refractivity contribution < 1.29 is 28.3 Å². The lowest BCUT2D eigenvalue weighted by molar-refractivity contribution is -0.840. The molecule has 1 N–H and O–H groups in total. The Balaban J connectivity index is 0.00000451. The standard InChI is InChI=1S/C37H55ClN4O5.ClH/c1-5-39-34(43)32-21-29(41(35(44)33-7-6-18-47-33)28-12-16-37(2,3)17-13-28)24-42(32,4)36(45)31-23-40(27-14-19-46-20-15-27)22-30(31)25-8-10-26(38)11-9-25;/h8-11,27-33H,5-7,12-24H2,1-4H3;1H/p+1/t29-,30-,31+,32-,33-,42?;/m0./s1. The number of hydrogen-bond acceptors (Lipinski definition) is 6. The zero-order chi connectivity index (χ0) is 33.3. The van der Waals surface area contributed by atoms with Gasteiger partial charge in [-0.1, -0.05) is 37.6 Å². The van der Waals surface area contributed by atoms with Gasteiger partial charge in [-0.3, -0.25) is 19.0 Å². The number of amides is 3. The van der Waals surface area contributed by atoms with Crippen LogP contribution in [0.2, 0.25) is 5.02 Å². The van der Waals surface area contributed by atoms with E-state index in [-0.39, 0.29) is 63.9 Å². The molecule has 0 radical (unpaired) electrons. The lowest BCUT2D eigenvalue weighted by Gasteiger charge is -2.43. The van der Waals surface area contributed by atoms with E-state index in [1.54, 1.807) is 0 Å². The van der Waals surface area contributed by atoms with Crippen molar-refractivity contribution in [2.45, 2.75) is 115 Å². The van der Waals surface area contributed by atoms with Crippen molar-refractivity contribution in [1.82, 2.24) is 15.1 Å². The molecule has 6 atom stereocenters. The van der Waals surface area contributed by atoms with Crippen LogP contribution in [0.25, 0.3) is 0 Å². The summed E-state index contributed by atoms with van der Waals surface area (Å²) in [7, 11) is 1.97. The van der Waals surface area contributed by atoms with Crippen LogP contribution in [-0.2, 0) is 23.9 Å². The smallest absolute Gasteiger partial charge is 0.319 e. The monoisotopic (exact) mass is 707 g/mol. The highest BCUT2D eigenvalue weighted by atomic mass is 35.5. The molecule has 5 aliphatic rings. The number of likely N-dealkylation sites (N-methyl/N-ethyl adjacent to an activating group) is 2. The van der Waals surface area contributed by atoms with Gasteiger partial charge >= 0.3 is 5.91 Å². The van der Waals surface area contributed by atoms with Crippen molar-refractivity contribution in [3.63, 3.8) is 0 Å². The maximum Gasteiger partial charge on any atom is 0.319 e. The van der Waals surface area contributed by atoms with Crippen molar-refractivity contribution in [3.8, 4) is 0 Å². The molecule has 5 fully saturated rings. The van der Waals surface area contributed by atoms with Crippen LogP contribution in [0.3, 0.4) is 0 Å². The van der Waals surface area contributed by atoms with Crippen molar-refractivity contribution >= 4 is 41.7 Å². The van der Waals surface area contributed by atoms with Gasteiger partial charge in [0.15, 0.2) is 6.04 Å². The summed E-state index contributed by atoms with van der Waals surface area (Å²) in [6.07, 6.45) is 7.57. The van der Waals surface area contributed by atoms with Crippen LogP contribution in [0.1, 0.15) is 90.0 Å². The summed E-state index contributed by atoms with van der Waals surface area (Å²) in [5.41, 5.74) is 1.36. The predicted octanol–water partition coefficient (Wildman–Crippen LogP) is 5.18. The number of likely N-dealkylation sites (tertiary alicyclic amines) is 2. The molecule has 268 valence electrons. The van der Waals surface area contributed by atoms with E-state index in [1.165, 1.54) is 0 Å². The van der Waals surface area contributed by atoms with E-state index in [1.807, 2.05) is 26.1 Å². The normalized spacial score (nSPS) is 32.9. The number of hydrogen-bond donors (Lipinski definition) is 1. The van der Waals surface area contributed by atoms with Gasteiger partial charge in [0.25, 0.3) is 11.8 Å². The Morgan fingerprint density at radius 2 is 1.69 bits per heavy atom. The Hall–Kier alpha value is -1.75. The highest BCUT2D eigenvalue weighted by Crippen LogP contribution is 2.43. The van der Waals surface area contributed by atoms with E-state index in [2.05, 4.69) is 41.1 Å². The summed E-state index contributed by atoms with van der Waals surface area (Å²) in [4.78, 5) is 48.0. The molecule has 6 rings (SSSR count). The van der Waals surface area contributed by atoms with E-state index < -0.39 is 12.1 Å². The van der Waals surface area contributed by atoms with Gasteiger partial charge in [0.2, 0.25) is 0 Å². The van der Waals surface area contributed by atoms with Gasteiger partial charge in [-0.2, -0.15) is 0 Å². The molecule has 4 aliphatic heterocycles. The average Bonchev–Trinajstić information content (AvgIpc) is 3.83. The van der Waals surface area contributed by atoms with Gasteiger partial charge in [-0.05, 0) is 81.4 Å². The van der Waals surface area contributed by atoms with E-state index in [4.69, 9.17) is 21.1 Å². The molecule has 1 aliphatic carbocycles. The molecule has 0 aromatic heterocycles. The number of ether oxygens (including phenoxy) is 2. The number of halogens is 2. The van der Waals surface area contributed by atoms with E-state index >= 15 is 4.79 Å². The minimum Gasteiger partial charge on any atom is -0.381 e. The van der Waals surface area contributed by atoms with Crippen LogP contribution in [0, 0.1) is 11.3 Å². The molecule has 9 nitrogen and oxygen atoms in total. The molecule has 11 heteroatoms. The minimum absolute atomic E-state index is 0. The van der Waals surface area contributed by atoms with Gasteiger partial charge in [0.05, 0.1) is 19.0 Å². The summed E-state index contributed by atoms with van der Waals surface area (Å²) < 4.78 is 11.6. The maximum absolute atomic E-state index is 15.2. The first-order valence-corrected chi connectivity index (χ1v) is 18.6.